The van der Waals surface area contributed by atoms with E-state index >= 15 is 0 Å². The van der Waals surface area contributed by atoms with Crippen molar-refractivity contribution in [2.45, 2.75) is 102 Å². The Balaban J connectivity index is 1.60. The number of fused-ring (bicyclic) bond motifs is 1. The smallest absolute Gasteiger partial charge is 0.0274 e. The SMILES string of the molecule is C1CCCCCC2CCC3CCCCN(NCCCC1)C3C2. The summed E-state index contributed by atoms with van der Waals surface area (Å²) in [6.45, 7) is 2.52. The Morgan fingerprint density at radius 2 is 1.36 bits per heavy atom. The second kappa shape index (κ2) is 9.27. The number of hydrogen-bond donors (Lipinski definition) is 1. The van der Waals surface area contributed by atoms with Crippen LogP contribution in [0.15, 0.2) is 0 Å². The first kappa shape index (κ1) is 16.8. The zero-order valence-corrected chi connectivity index (χ0v) is 14.7. The van der Waals surface area contributed by atoms with Gasteiger partial charge in [-0.05, 0) is 43.9 Å². The first-order valence-electron chi connectivity index (χ1n) is 10.4. The van der Waals surface area contributed by atoms with Crippen LogP contribution >= 0.6 is 0 Å². The molecule has 2 heterocycles. The number of rotatable bonds is 0. The maximum atomic E-state index is 3.85. The van der Waals surface area contributed by atoms with Crippen molar-refractivity contribution >= 4 is 0 Å². The van der Waals surface area contributed by atoms with Crippen LogP contribution in [-0.2, 0) is 0 Å². The van der Waals surface area contributed by atoms with Gasteiger partial charge in [-0.2, -0.15) is 0 Å². The highest BCUT2D eigenvalue weighted by Crippen LogP contribution is 2.38. The number of nitrogens with zero attached hydrogens (tertiary/aromatic N) is 1. The summed E-state index contributed by atoms with van der Waals surface area (Å²) in [6.07, 6.45) is 22.1. The van der Waals surface area contributed by atoms with Crippen LogP contribution in [0.1, 0.15) is 96.3 Å². The minimum Gasteiger partial charge on any atom is -0.255 e. The van der Waals surface area contributed by atoms with E-state index in [9.17, 15) is 0 Å². The maximum Gasteiger partial charge on any atom is 0.0274 e. The fourth-order valence-corrected chi connectivity index (χ4v) is 5.17. The molecule has 3 rings (SSSR count). The van der Waals surface area contributed by atoms with Crippen molar-refractivity contribution in [1.82, 2.24) is 10.4 Å². The molecule has 2 bridgehead atoms. The van der Waals surface area contributed by atoms with E-state index in [-0.39, 0.29) is 0 Å². The van der Waals surface area contributed by atoms with Crippen LogP contribution in [0.3, 0.4) is 0 Å². The molecule has 3 atom stereocenters. The van der Waals surface area contributed by atoms with Crippen LogP contribution in [0, 0.1) is 11.8 Å². The van der Waals surface area contributed by atoms with Gasteiger partial charge in [0.1, 0.15) is 0 Å². The predicted octanol–water partition coefficient (Wildman–Crippen LogP) is 5.29. The Hall–Kier alpha value is -0.0800. The molecule has 3 aliphatic rings. The van der Waals surface area contributed by atoms with E-state index in [1.807, 2.05) is 0 Å². The zero-order valence-electron chi connectivity index (χ0n) is 14.7. The number of nitrogens with one attached hydrogen (secondary N) is 1. The number of hydrogen-bond acceptors (Lipinski definition) is 2. The van der Waals surface area contributed by atoms with E-state index in [2.05, 4.69) is 10.4 Å². The fourth-order valence-electron chi connectivity index (χ4n) is 5.17. The quantitative estimate of drug-likeness (QED) is 0.654. The van der Waals surface area contributed by atoms with Gasteiger partial charge in [-0.15, -0.1) is 0 Å². The highest BCUT2D eigenvalue weighted by Gasteiger charge is 2.35. The summed E-state index contributed by atoms with van der Waals surface area (Å²) in [5, 5.41) is 2.70. The lowest BCUT2D eigenvalue weighted by atomic mass is 9.75. The van der Waals surface area contributed by atoms with Crippen molar-refractivity contribution in [3.8, 4) is 0 Å². The van der Waals surface area contributed by atoms with Gasteiger partial charge < -0.3 is 0 Å². The molecule has 1 aliphatic carbocycles. The van der Waals surface area contributed by atoms with Gasteiger partial charge in [-0.3, -0.25) is 5.43 Å². The summed E-state index contributed by atoms with van der Waals surface area (Å²) in [5.74, 6) is 2.01. The monoisotopic (exact) mass is 306 g/mol. The molecule has 0 aromatic carbocycles. The Kier molecular flexibility index (Phi) is 7.07. The summed E-state index contributed by atoms with van der Waals surface area (Å²) < 4.78 is 0. The van der Waals surface area contributed by atoms with Gasteiger partial charge in [-0.1, -0.05) is 64.2 Å². The third-order valence-electron chi connectivity index (χ3n) is 6.54. The molecular weight excluding hydrogens is 268 g/mol. The molecule has 0 aromatic heterocycles. The van der Waals surface area contributed by atoms with Gasteiger partial charge in [-0.25, -0.2) is 5.01 Å². The molecule has 128 valence electrons. The van der Waals surface area contributed by atoms with Gasteiger partial charge >= 0.3 is 0 Å². The summed E-state index contributed by atoms with van der Waals surface area (Å²) in [4.78, 5) is 0. The van der Waals surface area contributed by atoms with Crippen LogP contribution < -0.4 is 5.43 Å². The highest BCUT2D eigenvalue weighted by atomic mass is 15.5. The molecule has 0 amide bonds. The minimum atomic E-state index is 0.853. The molecular formula is C20H38N2. The third kappa shape index (κ3) is 4.96. The molecule has 2 heteroatoms. The Morgan fingerprint density at radius 3 is 2.23 bits per heavy atom. The fraction of sp³-hybridized carbons (Fsp3) is 1.00. The molecule has 2 aliphatic heterocycles. The lowest BCUT2D eigenvalue weighted by Crippen LogP contribution is -2.51. The Morgan fingerprint density at radius 1 is 0.636 bits per heavy atom. The van der Waals surface area contributed by atoms with Crippen LogP contribution in [0.25, 0.3) is 0 Å². The molecule has 3 fully saturated rings. The van der Waals surface area contributed by atoms with E-state index in [1.54, 1.807) is 0 Å². The molecule has 1 saturated carbocycles. The molecule has 1 N–H and O–H groups in total. The molecule has 0 radical (unpaired) electrons. The molecule has 3 unspecified atom stereocenters. The largest absolute Gasteiger partial charge is 0.255 e. The molecule has 0 aromatic rings. The van der Waals surface area contributed by atoms with Crippen molar-refractivity contribution in [3.63, 3.8) is 0 Å². The van der Waals surface area contributed by atoms with Crippen molar-refractivity contribution in [2.75, 3.05) is 13.1 Å². The normalized spacial score (nSPS) is 36.8. The van der Waals surface area contributed by atoms with Gasteiger partial charge in [0.2, 0.25) is 0 Å². The van der Waals surface area contributed by atoms with E-state index in [4.69, 9.17) is 0 Å². The van der Waals surface area contributed by atoms with Gasteiger partial charge in [0.15, 0.2) is 0 Å². The van der Waals surface area contributed by atoms with Crippen molar-refractivity contribution in [2.24, 2.45) is 11.8 Å². The van der Waals surface area contributed by atoms with E-state index in [0.717, 1.165) is 17.9 Å². The highest BCUT2D eigenvalue weighted by molar-refractivity contribution is 4.87. The summed E-state index contributed by atoms with van der Waals surface area (Å²) in [7, 11) is 0. The van der Waals surface area contributed by atoms with Crippen LogP contribution in [-0.4, -0.2) is 24.1 Å². The second-order valence-electron chi connectivity index (χ2n) is 8.22. The average molecular weight is 307 g/mol. The molecule has 2 saturated heterocycles. The lowest BCUT2D eigenvalue weighted by Gasteiger charge is -2.41. The lowest BCUT2D eigenvalue weighted by molar-refractivity contribution is 0.0442. The van der Waals surface area contributed by atoms with Crippen molar-refractivity contribution in [1.29, 1.82) is 0 Å². The van der Waals surface area contributed by atoms with Crippen LogP contribution in [0.4, 0.5) is 0 Å². The molecule has 22 heavy (non-hydrogen) atoms. The number of hydrazine groups is 1. The van der Waals surface area contributed by atoms with Crippen LogP contribution in [0.5, 0.6) is 0 Å². The average Bonchev–Trinajstić information content (AvgIpc) is 2.74. The van der Waals surface area contributed by atoms with Crippen molar-refractivity contribution in [3.05, 3.63) is 0 Å². The first-order valence-corrected chi connectivity index (χ1v) is 10.4. The Bertz CT molecular complexity index is 304. The van der Waals surface area contributed by atoms with Crippen LogP contribution in [0.2, 0.25) is 0 Å². The van der Waals surface area contributed by atoms with Gasteiger partial charge in [0.25, 0.3) is 0 Å². The van der Waals surface area contributed by atoms with E-state index in [0.29, 0.717) is 0 Å². The summed E-state index contributed by atoms with van der Waals surface area (Å²) in [5.41, 5.74) is 3.85. The molecule has 0 spiro atoms. The maximum absolute atomic E-state index is 3.85. The zero-order chi connectivity index (χ0) is 15.0. The first-order chi connectivity index (χ1) is 10.9. The second-order valence-corrected chi connectivity index (χ2v) is 8.22. The van der Waals surface area contributed by atoms with E-state index in [1.165, 1.54) is 109 Å². The topological polar surface area (TPSA) is 15.3 Å². The minimum absolute atomic E-state index is 0.853. The van der Waals surface area contributed by atoms with E-state index < -0.39 is 0 Å². The van der Waals surface area contributed by atoms with Gasteiger partial charge in [0.05, 0.1) is 0 Å². The van der Waals surface area contributed by atoms with Crippen molar-refractivity contribution < 1.29 is 0 Å². The van der Waals surface area contributed by atoms with Gasteiger partial charge in [0, 0.05) is 19.1 Å². The molecule has 2 nitrogen and oxygen atoms in total. The third-order valence-corrected chi connectivity index (χ3v) is 6.54. The summed E-state index contributed by atoms with van der Waals surface area (Å²) >= 11 is 0. The summed E-state index contributed by atoms with van der Waals surface area (Å²) in [6, 6.07) is 0.853. The standard InChI is InChI=1S/C20H38N2/c1-2-4-6-9-15-21-22-16-10-8-12-19-14-13-18(17-20(19)22)11-7-5-3-1/h18-21H,1-17H2. The Labute approximate surface area is 138 Å². The predicted molar refractivity (Wildman–Crippen MR) is 94.7 cm³/mol.